The second-order valence-corrected chi connectivity index (χ2v) is 1.84. The van der Waals surface area contributed by atoms with Crippen molar-refractivity contribution in [3.05, 3.63) is 29.6 Å². The average Bonchev–Trinajstić information content (AvgIpc) is 1.90. The summed E-state index contributed by atoms with van der Waals surface area (Å²) in [5, 5.41) is 0. The SMILES string of the molecule is CCc1bcccc1.[Cl-].[Cl-].[Cl-].[Zr+3]. The van der Waals surface area contributed by atoms with Gasteiger partial charge in [0.15, 0.2) is 0 Å². The van der Waals surface area contributed by atoms with Gasteiger partial charge in [-0.1, -0.05) is 0 Å². The summed E-state index contributed by atoms with van der Waals surface area (Å²) >= 11 is 0. The molecule has 1 aromatic rings. The molecule has 1 heterocycles. The molecule has 65 valence electrons. The quantitative estimate of drug-likeness (QED) is 0.484. The fourth-order valence-electron chi connectivity index (χ4n) is 0.714. The van der Waals surface area contributed by atoms with E-state index < -0.39 is 0 Å². The number of hydrogen-bond acceptors (Lipinski definition) is 0. The topological polar surface area (TPSA) is 0 Å². The van der Waals surface area contributed by atoms with Crippen LogP contribution >= 0.6 is 0 Å². The van der Waals surface area contributed by atoms with Crippen LogP contribution in [-0.2, 0) is 32.6 Å². The Bertz CT molecular complexity index is 160. The third-order valence-electron chi connectivity index (χ3n) is 1.25. The van der Waals surface area contributed by atoms with Gasteiger partial charge in [0.2, 0.25) is 0 Å². The van der Waals surface area contributed by atoms with Crippen LogP contribution in [0.2, 0.25) is 0 Å². The number of rotatable bonds is 1. The summed E-state index contributed by atoms with van der Waals surface area (Å²) in [6.45, 7) is 4.30. The van der Waals surface area contributed by atoms with E-state index in [0.29, 0.717) is 0 Å². The van der Waals surface area contributed by atoms with Crippen LogP contribution in [-0.4, -0.2) is 6.91 Å². The van der Waals surface area contributed by atoms with Crippen molar-refractivity contribution < 1.29 is 63.4 Å². The van der Waals surface area contributed by atoms with Gasteiger partial charge in [0.1, 0.15) is 0 Å². The van der Waals surface area contributed by atoms with Crippen molar-refractivity contribution in [2.24, 2.45) is 0 Å². The summed E-state index contributed by atoms with van der Waals surface area (Å²) in [5.74, 6) is 2.07. The fraction of sp³-hybridized carbons (Fsp3) is 0.286. The summed E-state index contributed by atoms with van der Waals surface area (Å²) in [5.41, 5.74) is 1.41. The van der Waals surface area contributed by atoms with Crippen LogP contribution in [0.15, 0.2) is 24.2 Å². The molecule has 0 aromatic carbocycles. The van der Waals surface area contributed by atoms with Gasteiger partial charge in [0.25, 0.3) is 0 Å². The molecule has 0 nitrogen and oxygen atoms in total. The van der Waals surface area contributed by atoms with Gasteiger partial charge in [0, 0.05) is 0 Å². The molecule has 0 amide bonds. The van der Waals surface area contributed by atoms with Crippen LogP contribution in [0.4, 0.5) is 0 Å². The molecule has 1 aromatic heterocycles. The van der Waals surface area contributed by atoms with Gasteiger partial charge in [0.05, 0.1) is 0 Å². The second kappa shape index (κ2) is 14.7. The molecular formula is C7H9BCl3Zr. The molecule has 0 unspecified atom stereocenters. The predicted molar refractivity (Wildman–Crippen MR) is 37.2 cm³/mol. The van der Waals surface area contributed by atoms with E-state index in [-0.39, 0.29) is 63.4 Å². The molecular weight excluding hydrogens is 292 g/mol. The minimum Gasteiger partial charge on any atom is -1.00 e. The molecule has 0 fully saturated rings. The van der Waals surface area contributed by atoms with E-state index >= 15 is 0 Å². The third-order valence-corrected chi connectivity index (χ3v) is 1.25. The number of hydrogen-bond donors (Lipinski definition) is 0. The standard InChI is InChI=1S/C7H9B.3ClH.Zr/c1-2-7-5-3-4-6-8-7;;;;/h3-6H,2H2,1H3;3*1H;/q;;;;+3/p-3. The van der Waals surface area contributed by atoms with Crippen molar-refractivity contribution in [2.75, 3.05) is 0 Å². The Morgan fingerprint density at radius 1 is 1.17 bits per heavy atom. The zero-order chi connectivity index (χ0) is 5.82. The Kier molecular flexibility index (Phi) is 28.4. The first-order chi connectivity index (χ1) is 3.93. The average molecular weight is 302 g/mol. The van der Waals surface area contributed by atoms with Crippen molar-refractivity contribution >= 4 is 6.91 Å². The van der Waals surface area contributed by atoms with Crippen LogP contribution < -0.4 is 37.2 Å². The Morgan fingerprint density at radius 2 is 1.75 bits per heavy atom. The minimum atomic E-state index is 0. The van der Waals surface area contributed by atoms with Crippen molar-refractivity contribution in [1.82, 2.24) is 0 Å². The summed E-state index contributed by atoms with van der Waals surface area (Å²) in [6, 6.07) is 6.25. The summed E-state index contributed by atoms with van der Waals surface area (Å²) in [4.78, 5) is 0. The van der Waals surface area contributed by atoms with Gasteiger partial charge in [-0.15, -0.1) is 0 Å². The maximum atomic E-state index is 2.16. The van der Waals surface area contributed by atoms with Crippen LogP contribution in [0.3, 0.4) is 0 Å². The molecule has 0 spiro atoms. The Labute approximate surface area is 112 Å². The molecule has 0 aliphatic carbocycles. The molecule has 12 heavy (non-hydrogen) atoms. The fourth-order valence-corrected chi connectivity index (χ4v) is 0.714. The number of aryl methyl sites for hydroxylation is 1. The van der Waals surface area contributed by atoms with Crippen LogP contribution in [0.5, 0.6) is 0 Å². The van der Waals surface area contributed by atoms with Crippen molar-refractivity contribution in [3.8, 4) is 0 Å². The molecule has 5 heteroatoms. The van der Waals surface area contributed by atoms with Gasteiger partial charge in [-0.2, -0.15) is 0 Å². The van der Waals surface area contributed by atoms with E-state index in [2.05, 4.69) is 31.9 Å². The summed E-state index contributed by atoms with van der Waals surface area (Å²) < 4.78 is 0. The summed E-state index contributed by atoms with van der Waals surface area (Å²) in [6.07, 6.45) is 1.14. The van der Waals surface area contributed by atoms with E-state index in [9.17, 15) is 0 Å². The van der Waals surface area contributed by atoms with E-state index in [1.54, 1.807) is 0 Å². The first-order valence-electron chi connectivity index (χ1n) is 2.97. The normalized spacial score (nSPS) is 5.75. The van der Waals surface area contributed by atoms with Crippen LogP contribution in [0.25, 0.3) is 0 Å². The minimum absolute atomic E-state index is 0. The van der Waals surface area contributed by atoms with E-state index in [0.717, 1.165) is 6.42 Å². The van der Waals surface area contributed by atoms with Crippen LogP contribution in [0.1, 0.15) is 12.4 Å². The molecule has 0 aliphatic heterocycles. The van der Waals surface area contributed by atoms with E-state index in [1.807, 2.05) is 6.07 Å². The Balaban J connectivity index is -0.0000000800. The van der Waals surface area contributed by atoms with Crippen molar-refractivity contribution in [1.29, 1.82) is 0 Å². The maximum absolute atomic E-state index is 2.16. The molecule has 0 saturated carbocycles. The van der Waals surface area contributed by atoms with Gasteiger partial charge < -0.3 is 37.2 Å². The molecule has 0 bridgehead atoms. The smallest absolute Gasteiger partial charge is 1.00 e. The monoisotopic (exact) mass is 299 g/mol. The van der Waals surface area contributed by atoms with Crippen LogP contribution in [0, 0.1) is 0 Å². The summed E-state index contributed by atoms with van der Waals surface area (Å²) in [7, 11) is 0. The van der Waals surface area contributed by atoms with Gasteiger partial charge in [-0.25, -0.2) is 0 Å². The largest absolute Gasteiger partial charge is 3.00 e. The second-order valence-electron chi connectivity index (χ2n) is 1.84. The van der Waals surface area contributed by atoms with Gasteiger partial charge >= 0.3 is 76.1 Å². The third kappa shape index (κ3) is 9.26. The Morgan fingerprint density at radius 3 is 2.00 bits per heavy atom. The Hall–Kier alpha value is 1.17. The molecule has 0 aliphatic rings. The van der Waals surface area contributed by atoms with Crippen molar-refractivity contribution in [2.45, 2.75) is 13.3 Å². The number of halogens is 3. The van der Waals surface area contributed by atoms with Gasteiger partial charge in [-0.05, 0) is 0 Å². The molecule has 1 rings (SSSR count). The molecule has 0 saturated heterocycles. The zero-order valence-electron chi connectivity index (χ0n) is 6.73. The zero-order valence-corrected chi connectivity index (χ0v) is 11.5. The maximum Gasteiger partial charge on any atom is 3.00 e. The first-order valence-corrected chi connectivity index (χ1v) is 2.97. The van der Waals surface area contributed by atoms with Crippen molar-refractivity contribution in [3.63, 3.8) is 0 Å². The van der Waals surface area contributed by atoms with E-state index in [1.165, 1.54) is 5.46 Å². The molecule has 0 atom stereocenters. The first kappa shape index (κ1) is 23.2. The van der Waals surface area contributed by atoms with E-state index in [4.69, 9.17) is 0 Å². The molecule has 1 radical (unpaired) electrons. The predicted octanol–water partition coefficient (Wildman–Crippen LogP) is -7.40. The van der Waals surface area contributed by atoms with Gasteiger partial charge in [-0.3, -0.25) is 0 Å². The molecule has 0 N–H and O–H groups in total.